The first kappa shape index (κ1) is 15.0. The van der Waals surface area contributed by atoms with Crippen LogP contribution in [0.15, 0.2) is 0 Å². The molecule has 1 rings (SSSR count). The van der Waals surface area contributed by atoms with Gasteiger partial charge in [0.15, 0.2) is 0 Å². The second-order valence-electron chi connectivity index (χ2n) is 6.63. The van der Waals surface area contributed by atoms with Gasteiger partial charge in [0.05, 0.1) is 5.92 Å². The number of carbonyl (C=O) groups excluding carboxylic acids is 1. The quantitative estimate of drug-likeness (QED) is 0.824. The van der Waals surface area contributed by atoms with E-state index in [9.17, 15) is 14.7 Å². The van der Waals surface area contributed by atoms with Crippen molar-refractivity contribution in [3.05, 3.63) is 0 Å². The normalized spacial score (nSPS) is 31.3. The van der Waals surface area contributed by atoms with Gasteiger partial charge in [-0.15, -0.1) is 0 Å². The SMILES string of the molecule is CC1CC(=O)N(C(C)C(C)(C)C)C(C)C1C(=O)O. The van der Waals surface area contributed by atoms with Crippen LogP contribution in [0.2, 0.25) is 0 Å². The third-order valence-corrected chi connectivity index (χ3v) is 4.31. The lowest BCUT2D eigenvalue weighted by molar-refractivity contribution is -0.158. The number of carbonyl (C=O) groups is 2. The second-order valence-corrected chi connectivity index (χ2v) is 6.63. The topological polar surface area (TPSA) is 57.6 Å². The van der Waals surface area contributed by atoms with Gasteiger partial charge in [0.2, 0.25) is 5.91 Å². The fraction of sp³-hybridized carbons (Fsp3) is 0.857. The van der Waals surface area contributed by atoms with Gasteiger partial charge in [-0.3, -0.25) is 9.59 Å². The Balaban J connectivity index is 3.04. The number of nitrogens with zero attached hydrogens (tertiary/aromatic N) is 1. The number of carboxylic acids is 1. The Hall–Kier alpha value is -1.06. The van der Waals surface area contributed by atoms with Gasteiger partial charge in [-0.25, -0.2) is 0 Å². The van der Waals surface area contributed by atoms with Crippen LogP contribution >= 0.6 is 0 Å². The van der Waals surface area contributed by atoms with Gasteiger partial charge in [-0.2, -0.15) is 0 Å². The Bertz CT molecular complexity index is 345. The van der Waals surface area contributed by atoms with E-state index in [0.717, 1.165) is 0 Å². The van der Waals surface area contributed by atoms with Crippen molar-refractivity contribution in [2.45, 2.75) is 60.0 Å². The molecule has 0 aromatic heterocycles. The van der Waals surface area contributed by atoms with Crippen molar-refractivity contribution in [3.8, 4) is 0 Å². The first-order valence-electron chi connectivity index (χ1n) is 6.61. The minimum atomic E-state index is -0.798. The minimum Gasteiger partial charge on any atom is -0.481 e. The van der Waals surface area contributed by atoms with Gasteiger partial charge in [-0.05, 0) is 25.2 Å². The Kier molecular flexibility index (Phi) is 4.08. The summed E-state index contributed by atoms with van der Waals surface area (Å²) in [6, 6.07) is -0.206. The Morgan fingerprint density at radius 1 is 1.39 bits per heavy atom. The van der Waals surface area contributed by atoms with Crippen molar-refractivity contribution < 1.29 is 14.7 Å². The average Bonchev–Trinajstić information content (AvgIpc) is 2.13. The molecule has 0 aromatic rings. The zero-order chi connectivity index (χ0) is 14.2. The number of hydrogen-bond donors (Lipinski definition) is 1. The van der Waals surface area contributed by atoms with Gasteiger partial charge in [-0.1, -0.05) is 27.7 Å². The summed E-state index contributed by atoms with van der Waals surface area (Å²) in [4.78, 5) is 25.3. The zero-order valence-electron chi connectivity index (χ0n) is 12.2. The first-order valence-corrected chi connectivity index (χ1v) is 6.61. The summed E-state index contributed by atoms with van der Waals surface area (Å²) in [5.41, 5.74) is -0.0481. The molecule has 1 fully saturated rings. The maximum absolute atomic E-state index is 12.2. The third kappa shape index (κ3) is 2.68. The molecule has 0 aromatic carbocycles. The second kappa shape index (κ2) is 4.90. The molecule has 1 saturated heterocycles. The van der Waals surface area contributed by atoms with Crippen molar-refractivity contribution in [3.63, 3.8) is 0 Å². The highest BCUT2D eigenvalue weighted by Gasteiger charge is 2.45. The standard InChI is InChI=1S/C14H25NO3/c1-8-7-11(16)15(10(3)14(4,5)6)9(2)12(8)13(17)18/h8-10,12H,7H2,1-6H3,(H,17,18). The maximum Gasteiger partial charge on any atom is 0.308 e. The summed E-state index contributed by atoms with van der Waals surface area (Å²) in [6.07, 6.45) is 0.335. The van der Waals surface area contributed by atoms with Gasteiger partial charge < -0.3 is 10.0 Å². The Morgan fingerprint density at radius 2 is 1.89 bits per heavy atom. The molecule has 0 bridgehead atoms. The molecule has 1 aliphatic rings. The van der Waals surface area contributed by atoms with E-state index < -0.39 is 11.9 Å². The molecule has 104 valence electrons. The van der Waals surface area contributed by atoms with Crippen LogP contribution < -0.4 is 0 Å². The monoisotopic (exact) mass is 255 g/mol. The van der Waals surface area contributed by atoms with Crippen molar-refractivity contribution in [1.29, 1.82) is 0 Å². The van der Waals surface area contributed by atoms with Gasteiger partial charge in [0.1, 0.15) is 0 Å². The van der Waals surface area contributed by atoms with Crippen molar-refractivity contribution in [1.82, 2.24) is 4.90 Å². The Labute approximate surface area is 109 Å². The molecule has 1 N–H and O–H groups in total. The number of likely N-dealkylation sites (tertiary alicyclic amines) is 1. The molecule has 0 saturated carbocycles. The predicted octanol–water partition coefficient (Wildman–Crippen LogP) is 2.38. The number of rotatable bonds is 2. The Morgan fingerprint density at radius 3 is 2.28 bits per heavy atom. The number of aliphatic carboxylic acids is 1. The highest BCUT2D eigenvalue weighted by atomic mass is 16.4. The molecule has 1 amide bonds. The number of piperidine rings is 1. The largest absolute Gasteiger partial charge is 0.481 e. The van der Waals surface area contributed by atoms with Crippen molar-refractivity contribution >= 4 is 11.9 Å². The number of hydrogen-bond acceptors (Lipinski definition) is 2. The van der Waals surface area contributed by atoms with Gasteiger partial charge in [0.25, 0.3) is 0 Å². The minimum absolute atomic E-state index is 0.0364. The van der Waals surface area contributed by atoms with Crippen molar-refractivity contribution in [2.24, 2.45) is 17.3 Å². The first-order chi connectivity index (χ1) is 8.07. The third-order valence-electron chi connectivity index (χ3n) is 4.31. The van der Waals surface area contributed by atoms with Crippen LogP contribution in [0.1, 0.15) is 48.0 Å². The zero-order valence-corrected chi connectivity index (χ0v) is 12.2. The molecule has 4 nitrogen and oxygen atoms in total. The van der Waals surface area contributed by atoms with Crippen LogP contribution in [0.3, 0.4) is 0 Å². The molecular formula is C14H25NO3. The van der Waals surface area contributed by atoms with E-state index in [-0.39, 0.29) is 29.3 Å². The molecular weight excluding hydrogens is 230 g/mol. The van der Waals surface area contributed by atoms with Crippen LogP contribution in [-0.2, 0) is 9.59 Å². The van der Waals surface area contributed by atoms with E-state index in [4.69, 9.17) is 0 Å². The number of carboxylic acid groups (broad SMARTS) is 1. The summed E-state index contributed by atoms with van der Waals surface area (Å²) in [5, 5.41) is 9.33. The van der Waals surface area contributed by atoms with E-state index in [1.54, 1.807) is 4.90 Å². The molecule has 0 radical (unpaired) electrons. The van der Waals surface area contributed by atoms with Crippen molar-refractivity contribution in [2.75, 3.05) is 0 Å². The smallest absolute Gasteiger partial charge is 0.308 e. The molecule has 0 aliphatic carbocycles. The van der Waals surface area contributed by atoms with E-state index in [2.05, 4.69) is 20.8 Å². The molecule has 4 atom stereocenters. The van der Waals surface area contributed by atoms with Crippen LogP contribution in [0.5, 0.6) is 0 Å². The lowest BCUT2D eigenvalue weighted by Crippen LogP contribution is -2.58. The van der Waals surface area contributed by atoms with Crippen LogP contribution in [-0.4, -0.2) is 34.0 Å². The highest BCUT2D eigenvalue weighted by molar-refractivity contribution is 5.82. The molecule has 4 unspecified atom stereocenters. The lowest BCUT2D eigenvalue weighted by Gasteiger charge is -2.47. The van der Waals surface area contributed by atoms with E-state index >= 15 is 0 Å². The van der Waals surface area contributed by atoms with Gasteiger partial charge in [0, 0.05) is 18.5 Å². The summed E-state index contributed by atoms with van der Waals surface area (Å²) in [6.45, 7) is 11.9. The van der Waals surface area contributed by atoms with E-state index in [1.165, 1.54) is 0 Å². The lowest BCUT2D eigenvalue weighted by atomic mass is 9.77. The summed E-state index contributed by atoms with van der Waals surface area (Å²) >= 11 is 0. The summed E-state index contributed by atoms with van der Waals surface area (Å²) in [5.74, 6) is -1.27. The fourth-order valence-electron chi connectivity index (χ4n) is 2.82. The van der Waals surface area contributed by atoms with E-state index in [1.807, 2.05) is 20.8 Å². The average molecular weight is 255 g/mol. The molecule has 0 spiro atoms. The summed E-state index contributed by atoms with van der Waals surface area (Å²) in [7, 11) is 0. The fourth-order valence-corrected chi connectivity index (χ4v) is 2.82. The number of amides is 1. The highest BCUT2D eigenvalue weighted by Crippen LogP contribution is 2.35. The van der Waals surface area contributed by atoms with Crippen LogP contribution in [0.4, 0.5) is 0 Å². The maximum atomic E-state index is 12.2. The van der Waals surface area contributed by atoms with Crippen LogP contribution in [0.25, 0.3) is 0 Å². The molecule has 18 heavy (non-hydrogen) atoms. The molecule has 4 heteroatoms. The van der Waals surface area contributed by atoms with Gasteiger partial charge >= 0.3 is 5.97 Å². The van der Waals surface area contributed by atoms with E-state index in [0.29, 0.717) is 6.42 Å². The predicted molar refractivity (Wildman–Crippen MR) is 70.1 cm³/mol. The van der Waals surface area contributed by atoms with Crippen LogP contribution in [0, 0.1) is 17.3 Å². The molecule has 1 heterocycles. The molecule has 1 aliphatic heterocycles. The summed E-state index contributed by atoms with van der Waals surface area (Å²) < 4.78 is 0.